The van der Waals surface area contributed by atoms with Gasteiger partial charge in [-0.3, -0.25) is 15.1 Å². The van der Waals surface area contributed by atoms with E-state index in [4.69, 9.17) is 5.11 Å². The molecule has 0 unspecified atom stereocenters. The van der Waals surface area contributed by atoms with Crippen LogP contribution in [0.1, 0.15) is 27.7 Å². The monoisotopic (exact) mass is 251 g/mol. The zero-order valence-electron chi connectivity index (χ0n) is 11.3. The normalized spacial score (nSPS) is 12.2. The lowest BCUT2D eigenvalue weighted by molar-refractivity contribution is -0.144. The summed E-state index contributed by atoms with van der Waals surface area (Å²) >= 11 is 0. The van der Waals surface area contributed by atoms with Crippen LogP contribution in [0.4, 0.5) is 5.69 Å². The molecule has 1 aromatic rings. The topological polar surface area (TPSA) is 74.2 Å². The van der Waals surface area contributed by atoms with Crippen molar-refractivity contribution in [3.8, 4) is 0 Å². The van der Waals surface area contributed by atoms with E-state index in [-0.39, 0.29) is 5.54 Å². The minimum Gasteiger partial charge on any atom is -0.480 e. The Bertz CT molecular complexity index is 402. The van der Waals surface area contributed by atoms with Crippen LogP contribution < -0.4 is 10.6 Å². The number of nitrogens with one attached hydrogen (secondary N) is 2. The Balaban J connectivity index is 2.57. The number of aliphatic carboxylic acids is 1. The van der Waals surface area contributed by atoms with Gasteiger partial charge in [0.25, 0.3) is 0 Å². The predicted octanol–water partition coefficient (Wildman–Crippen LogP) is 1.72. The molecular formula is C13H21N3O2. The minimum atomic E-state index is -0.958. The fourth-order valence-electron chi connectivity index (χ4n) is 1.73. The lowest BCUT2D eigenvalue weighted by Gasteiger charge is -2.34. The molecule has 18 heavy (non-hydrogen) atoms. The Kier molecular flexibility index (Phi) is 4.29. The number of carboxylic acid groups (broad SMARTS) is 1. The van der Waals surface area contributed by atoms with E-state index >= 15 is 0 Å². The first kappa shape index (κ1) is 14.4. The summed E-state index contributed by atoms with van der Waals surface area (Å²) in [5.74, 6) is -0.864. The molecular weight excluding hydrogens is 230 g/mol. The van der Waals surface area contributed by atoms with E-state index in [1.807, 2.05) is 26.0 Å². The van der Waals surface area contributed by atoms with Crippen molar-refractivity contribution in [3.05, 3.63) is 24.5 Å². The highest BCUT2D eigenvalue weighted by molar-refractivity contribution is 5.77. The van der Waals surface area contributed by atoms with E-state index in [9.17, 15) is 4.79 Å². The highest BCUT2D eigenvalue weighted by Crippen LogP contribution is 2.13. The fourth-order valence-corrected chi connectivity index (χ4v) is 1.73. The lowest BCUT2D eigenvalue weighted by atomic mass is 9.97. The molecule has 1 heterocycles. The number of rotatable bonds is 6. The van der Waals surface area contributed by atoms with E-state index in [2.05, 4.69) is 15.6 Å². The molecule has 0 aliphatic rings. The number of hydrogen-bond donors (Lipinski definition) is 3. The van der Waals surface area contributed by atoms with Gasteiger partial charge in [0, 0.05) is 24.5 Å². The lowest BCUT2D eigenvalue weighted by Crippen LogP contribution is -2.58. The largest absolute Gasteiger partial charge is 0.480 e. The first-order valence-electron chi connectivity index (χ1n) is 5.90. The van der Waals surface area contributed by atoms with Crippen LogP contribution in [0.5, 0.6) is 0 Å². The number of anilines is 1. The zero-order chi connectivity index (χ0) is 13.8. The molecule has 0 aromatic carbocycles. The van der Waals surface area contributed by atoms with Gasteiger partial charge in [0.1, 0.15) is 5.54 Å². The molecule has 0 bridgehead atoms. The van der Waals surface area contributed by atoms with Crippen LogP contribution in [-0.2, 0) is 4.79 Å². The van der Waals surface area contributed by atoms with Crippen molar-refractivity contribution in [1.82, 2.24) is 10.3 Å². The van der Waals surface area contributed by atoms with Gasteiger partial charge < -0.3 is 10.4 Å². The third-order valence-electron chi connectivity index (χ3n) is 2.58. The van der Waals surface area contributed by atoms with Crippen LogP contribution in [0.3, 0.4) is 0 Å². The summed E-state index contributed by atoms with van der Waals surface area (Å²) in [7, 11) is 0. The number of nitrogens with zero attached hydrogens (tertiary/aromatic N) is 1. The minimum absolute atomic E-state index is 0.349. The number of aromatic nitrogens is 1. The van der Waals surface area contributed by atoms with Crippen molar-refractivity contribution < 1.29 is 9.90 Å². The molecule has 0 saturated carbocycles. The summed E-state index contributed by atoms with van der Waals surface area (Å²) in [6, 6.07) is 3.77. The predicted molar refractivity (Wildman–Crippen MR) is 71.7 cm³/mol. The molecule has 1 aromatic heterocycles. The Morgan fingerprint density at radius 2 is 2.06 bits per heavy atom. The van der Waals surface area contributed by atoms with Gasteiger partial charge in [0.2, 0.25) is 0 Å². The average Bonchev–Trinajstić information content (AvgIpc) is 2.26. The molecule has 5 heteroatoms. The number of pyridine rings is 1. The van der Waals surface area contributed by atoms with Gasteiger partial charge in [-0.15, -0.1) is 0 Å². The maximum Gasteiger partial charge on any atom is 0.323 e. The van der Waals surface area contributed by atoms with Crippen molar-refractivity contribution in [2.75, 3.05) is 11.9 Å². The summed E-state index contributed by atoms with van der Waals surface area (Å²) in [5, 5.41) is 15.4. The van der Waals surface area contributed by atoms with Gasteiger partial charge in [0.05, 0.1) is 5.69 Å². The van der Waals surface area contributed by atoms with E-state index in [1.54, 1.807) is 26.2 Å². The molecule has 0 spiro atoms. The highest BCUT2D eigenvalue weighted by Gasteiger charge is 2.33. The molecule has 0 saturated heterocycles. The van der Waals surface area contributed by atoms with Crippen LogP contribution in [0.15, 0.2) is 24.5 Å². The van der Waals surface area contributed by atoms with Crippen LogP contribution >= 0.6 is 0 Å². The van der Waals surface area contributed by atoms with Crippen molar-refractivity contribution in [2.24, 2.45) is 0 Å². The Hall–Kier alpha value is -1.62. The summed E-state index contributed by atoms with van der Waals surface area (Å²) in [4.78, 5) is 15.1. The van der Waals surface area contributed by atoms with Crippen LogP contribution in [-0.4, -0.2) is 33.7 Å². The molecule has 0 aliphatic carbocycles. The Labute approximate surface area is 108 Å². The van der Waals surface area contributed by atoms with Gasteiger partial charge in [-0.25, -0.2) is 0 Å². The van der Waals surface area contributed by atoms with Gasteiger partial charge in [-0.1, -0.05) is 0 Å². The summed E-state index contributed by atoms with van der Waals surface area (Å²) in [6.45, 7) is 7.83. The average molecular weight is 251 g/mol. The summed E-state index contributed by atoms with van der Waals surface area (Å²) in [5.41, 5.74) is -0.391. The molecule has 0 aliphatic heterocycles. The Morgan fingerprint density at radius 3 is 2.56 bits per heavy atom. The second-order valence-electron chi connectivity index (χ2n) is 5.53. The van der Waals surface area contributed by atoms with Crippen LogP contribution in [0, 0.1) is 0 Å². The second kappa shape index (κ2) is 5.35. The SMILES string of the molecule is CC(C)(CNc1cccnc1)NC(C)(C)C(=O)O. The first-order chi connectivity index (χ1) is 8.23. The first-order valence-corrected chi connectivity index (χ1v) is 5.90. The van der Waals surface area contributed by atoms with Gasteiger partial charge in [-0.05, 0) is 39.8 Å². The molecule has 0 amide bonds. The zero-order valence-corrected chi connectivity index (χ0v) is 11.3. The van der Waals surface area contributed by atoms with E-state index in [1.165, 1.54) is 0 Å². The quantitative estimate of drug-likeness (QED) is 0.718. The number of hydrogen-bond acceptors (Lipinski definition) is 4. The van der Waals surface area contributed by atoms with Crippen LogP contribution in [0.2, 0.25) is 0 Å². The number of carbonyl (C=O) groups is 1. The maximum atomic E-state index is 11.1. The van der Waals surface area contributed by atoms with Gasteiger partial charge >= 0.3 is 5.97 Å². The maximum absolute atomic E-state index is 11.1. The summed E-state index contributed by atoms with van der Waals surface area (Å²) in [6.07, 6.45) is 3.44. The van der Waals surface area contributed by atoms with Gasteiger partial charge in [-0.2, -0.15) is 0 Å². The van der Waals surface area contributed by atoms with E-state index in [0.29, 0.717) is 6.54 Å². The third kappa shape index (κ3) is 4.33. The number of carboxylic acids is 1. The molecule has 0 radical (unpaired) electrons. The second-order valence-corrected chi connectivity index (χ2v) is 5.53. The summed E-state index contributed by atoms with van der Waals surface area (Å²) < 4.78 is 0. The molecule has 0 atom stereocenters. The smallest absolute Gasteiger partial charge is 0.323 e. The molecule has 0 fully saturated rings. The standard InChI is InChI=1S/C13H21N3O2/c1-12(2,16-13(3,4)11(17)18)9-15-10-6-5-7-14-8-10/h5-8,15-16H,9H2,1-4H3,(H,17,18). The van der Waals surface area contributed by atoms with E-state index in [0.717, 1.165) is 5.69 Å². The highest BCUT2D eigenvalue weighted by atomic mass is 16.4. The van der Waals surface area contributed by atoms with Crippen molar-refractivity contribution in [2.45, 2.75) is 38.8 Å². The van der Waals surface area contributed by atoms with Gasteiger partial charge in [0.15, 0.2) is 0 Å². The van der Waals surface area contributed by atoms with Crippen molar-refractivity contribution in [3.63, 3.8) is 0 Å². The van der Waals surface area contributed by atoms with Crippen molar-refractivity contribution >= 4 is 11.7 Å². The Morgan fingerprint density at radius 1 is 1.39 bits per heavy atom. The molecule has 100 valence electrons. The van der Waals surface area contributed by atoms with E-state index < -0.39 is 11.5 Å². The van der Waals surface area contributed by atoms with Crippen molar-refractivity contribution in [1.29, 1.82) is 0 Å². The third-order valence-corrected chi connectivity index (χ3v) is 2.58. The fraction of sp³-hybridized carbons (Fsp3) is 0.538. The molecule has 5 nitrogen and oxygen atoms in total. The molecule has 3 N–H and O–H groups in total. The molecule has 1 rings (SSSR count). The van der Waals surface area contributed by atoms with Crippen LogP contribution in [0.25, 0.3) is 0 Å².